The quantitative estimate of drug-likeness (QED) is 0.846. The predicted octanol–water partition coefficient (Wildman–Crippen LogP) is 4.13. The summed E-state index contributed by atoms with van der Waals surface area (Å²) in [5.41, 5.74) is 2.89. The first-order valence-corrected chi connectivity index (χ1v) is 7.56. The number of ether oxygens (including phenoxy) is 1. The van der Waals surface area contributed by atoms with E-state index in [-0.39, 0.29) is 4.75 Å². The highest BCUT2D eigenvalue weighted by Crippen LogP contribution is 2.43. The number of carbonyl (C=O) groups is 1. The Balaban J connectivity index is 2.32. The fraction of sp³-hybridized carbons (Fsp3) is 0.438. The van der Waals surface area contributed by atoms with E-state index in [0.717, 1.165) is 46.7 Å². The van der Waals surface area contributed by atoms with Crippen LogP contribution in [0.2, 0.25) is 0 Å². The maximum absolute atomic E-state index is 11.2. The molecule has 0 aliphatic carbocycles. The van der Waals surface area contributed by atoms with Crippen LogP contribution in [0.1, 0.15) is 32.3 Å². The summed E-state index contributed by atoms with van der Waals surface area (Å²) in [4.78, 5) is 11.2. The molecular formula is C16H21NO2S. The minimum atomic E-state index is 0.146. The van der Waals surface area contributed by atoms with Gasteiger partial charge >= 0.3 is 0 Å². The molecule has 1 aliphatic rings. The number of carbonyl (C=O) groups excluding carboxylic acids is 1. The summed E-state index contributed by atoms with van der Waals surface area (Å²) in [6.45, 7) is 6.43. The maximum Gasteiger partial charge on any atom is 0.148 e. The van der Waals surface area contributed by atoms with Crippen LogP contribution in [0.15, 0.2) is 28.8 Å². The van der Waals surface area contributed by atoms with Gasteiger partial charge in [-0.05, 0) is 37.5 Å². The zero-order chi connectivity index (χ0) is 14.8. The van der Waals surface area contributed by atoms with Gasteiger partial charge in [-0.25, -0.2) is 0 Å². The van der Waals surface area contributed by atoms with E-state index in [1.807, 2.05) is 25.1 Å². The van der Waals surface area contributed by atoms with Gasteiger partial charge in [0.25, 0.3) is 0 Å². The number of anilines is 1. The summed E-state index contributed by atoms with van der Waals surface area (Å²) in [5.74, 6) is 0.798. The highest BCUT2D eigenvalue weighted by Gasteiger charge is 2.28. The van der Waals surface area contributed by atoms with Gasteiger partial charge in [0, 0.05) is 10.3 Å². The fourth-order valence-corrected chi connectivity index (χ4v) is 3.38. The zero-order valence-corrected chi connectivity index (χ0v) is 13.3. The van der Waals surface area contributed by atoms with Crippen LogP contribution in [0.5, 0.6) is 5.75 Å². The first kappa shape index (κ1) is 15.0. The molecule has 1 aromatic rings. The van der Waals surface area contributed by atoms with Gasteiger partial charge in [-0.2, -0.15) is 0 Å². The van der Waals surface area contributed by atoms with Gasteiger partial charge < -0.3 is 10.1 Å². The number of aryl methyl sites for hydroxylation is 1. The molecule has 4 heteroatoms. The Morgan fingerprint density at radius 1 is 1.40 bits per heavy atom. The van der Waals surface area contributed by atoms with Crippen LogP contribution in [0.25, 0.3) is 0 Å². The number of hydrogen-bond donors (Lipinski definition) is 1. The average molecular weight is 291 g/mol. The monoisotopic (exact) mass is 291 g/mol. The molecule has 0 unspecified atom stereocenters. The lowest BCUT2D eigenvalue weighted by Gasteiger charge is -2.31. The van der Waals surface area contributed by atoms with E-state index >= 15 is 0 Å². The molecule has 108 valence electrons. The van der Waals surface area contributed by atoms with Crippen molar-refractivity contribution in [1.82, 2.24) is 0 Å². The minimum Gasteiger partial charge on any atom is -0.495 e. The molecule has 0 radical (unpaired) electrons. The molecule has 0 atom stereocenters. The van der Waals surface area contributed by atoms with Gasteiger partial charge in [-0.3, -0.25) is 4.79 Å². The van der Waals surface area contributed by atoms with Crippen molar-refractivity contribution < 1.29 is 9.53 Å². The molecule has 3 nitrogen and oxygen atoms in total. The third-order valence-electron chi connectivity index (χ3n) is 3.41. The van der Waals surface area contributed by atoms with Crippen LogP contribution in [-0.2, 0) is 4.79 Å². The second-order valence-corrected chi connectivity index (χ2v) is 7.38. The molecule has 1 N–H and O–H groups in total. The van der Waals surface area contributed by atoms with Crippen molar-refractivity contribution in [2.24, 2.45) is 0 Å². The van der Waals surface area contributed by atoms with Crippen LogP contribution in [0.4, 0.5) is 5.69 Å². The van der Waals surface area contributed by atoms with E-state index in [0.29, 0.717) is 0 Å². The molecule has 1 aromatic carbocycles. The number of aldehydes is 1. The van der Waals surface area contributed by atoms with Crippen LogP contribution >= 0.6 is 11.8 Å². The number of methoxy groups -OCH3 is 1. The van der Waals surface area contributed by atoms with Gasteiger partial charge in [0.15, 0.2) is 0 Å². The molecule has 2 rings (SSSR count). The third-order valence-corrected chi connectivity index (χ3v) is 4.74. The second-order valence-electron chi connectivity index (χ2n) is 5.66. The number of hydrogen-bond acceptors (Lipinski definition) is 4. The summed E-state index contributed by atoms with van der Waals surface area (Å²) in [6.07, 6.45) is 2.80. The Morgan fingerprint density at radius 2 is 2.15 bits per heavy atom. The van der Waals surface area contributed by atoms with Gasteiger partial charge in [-0.1, -0.05) is 19.9 Å². The van der Waals surface area contributed by atoms with E-state index in [4.69, 9.17) is 4.74 Å². The van der Waals surface area contributed by atoms with Crippen molar-refractivity contribution in [2.75, 3.05) is 12.4 Å². The third kappa shape index (κ3) is 3.37. The molecule has 1 aliphatic heterocycles. The van der Waals surface area contributed by atoms with Crippen LogP contribution in [0, 0.1) is 6.92 Å². The Morgan fingerprint density at radius 3 is 2.80 bits per heavy atom. The normalized spacial score (nSPS) is 17.8. The van der Waals surface area contributed by atoms with Gasteiger partial charge in [-0.15, -0.1) is 11.8 Å². The molecular weight excluding hydrogens is 270 g/mol. The number of nitrogens with one attached hydrogen (secondary N) is 1. The highest BCUT2D eigenvalue weighted by atomic mass is 32.2. The Bertz CT molecular complexity index is 549. The maximum atomic E-state index is 11.2. The van der Waals surface area contributed by atoms with Crippen molar-refractivity contribution in [3.05, 3.63) is 34.4 Å². The molecule has 0 bridgehead atoms. The number of benzene rings is 1. The molecule has 0 aromatic heterocycles. The van der Waals surface area contributed by atoms with Crippen molar-refractivity contribution in [2.45, 2.75) is 38.4 Å². The van der Waals surface area contributed by atoms with Crippen molar-refractivity contribution in [1.29, 1.82) is 0 Å². The zero-order valence-electron chi connectivity index (χ0n) is 12.4. The van der Waals surface area contributed by atoms with Gasteiger partial charge in [0.2, 0.25) is 0 Å². The Hall–Kier alpha value is -1.42. The fourth-order valence-electron chi connectivity index (χ4n) is 2.18. The lowest BCUT2D eigenvalue weighted by atomic mass is 10.0. The largest absolute Gasteiger partial charge is 0.495 e. The molecule has 1 heterocycles. The molecule has 0 saturated heterocycles. The van der Waals surface area contributed by atoms with E-state index in [1.54, 1.807) is 18.9 Å². The first-order valence-electron chi connectivity index (χ1n) is 6.74. The van der Waals surface area contributed by atoms with Crippen LogP contribution in [0.3, 0.4) is 0 Å². The average Bonchev–Trinajstić information content (AvgIpc) is 2.40. The van der Waals surface area contributed by atoms with Gasteiger partial charge in [0.1, 0.15) is 12.0 Å². The number of thioether (sulfide) groups is 1. The summed E-state index contributed by atoms with van der Waals surface area (Å²) < 4.78 is 5.55. The van der Waals surface area contributed by atoms with E-state index in [2.05, 4.69) is 19.2 Å². The molecule has 0 spiro atoms. The highest BCUT2D eigenvalue weighted by molar-refractivity contribution is 8.04. The van der Waals surface area contributed by atoms with Crippen molar-refractivity contribution in [3.63, 3.8) is 0 Å². The van der Waals surface area contributed by atoms with E-state index < -0.39 is 0 Å². The summed E-state index contributed by atoms with van der Waals surface area (Å²) >= 11 is 1.72. The minimum absolute atomic E-state index is 0.146. The van der Waals surface area contributed by atoms with E-state index in [1.165, 1.54) is 0 Å². The van der Waals surface area contributed by atoms with Crippen molar-refractivity contribution >= 4 is 23.7 Å². The molecule has 0 fully saturated rings. The smallest absolute Gasteiger partial charge is 0.148 e. The number of rotatable bonds is 4. The SMILES string of the molecule is COc1cc(C)ccc1NC1=C(C=O)CCC(C)(C)S1. The second kappa shape index (κ2) is 5.92. The standard InChI is InChI=1S/C16H21NO2S/c1-11-5-6-13(14(9-11)19-4)17-15-12(10-18)7-8-16(2,3)20-15/h5-6,9-10,17H,7-8H2,1-4H3. The Kier molecular flexibility index (Phi) is 4.43. The predicted molar refractivity (Wildman–Crippen MR) is 85.3 cm³/mol. The lowest BCUT2D eigenvalue weighted by Crippen LogP contribution is -2.22. The topological polar surface area (TPSA) is 38.3 Å². The molecule has 20 heavy (non-hydrogen) atoms. The first-order chi connectivity index (χ1) is 9.45. The van der Waals surface area contributed by atoms with E-state index in [9.17, 15) is 4.79 Å². The Labute approximate surface area is 124 Å². The lowest BCUT2D eigenvalue weighted by molar-refractivity contribution is -0.105. The molecule has 0 amide bonds. The number of allylic oxidation sites excluding steroid dienone is 1. The van der Waals surface area contributed by atoms with Crippen LogP contribution < -0.4 is 10.1 Å². The summed E-state index contributed by atoms with van der Waals surface area (Å²) in [5, 5.41) is 4.31. The summed E-state index contributed by atoms with van der Waals surface area (Å²) in [6, 6.07) is 6.01. The van der Waals surface area contributed by atoms with Gasteiger partial charge in [0.05, 0.1) is 17.8 Å². The molecule has 0 saturated carbocycles. The summed E-state index contributed by atoms with van der Waals surface area (Å²) in [7, 11) is 1.66. The van der Waals surface area contributed by atoms with Crippen LogP contribution in [-0.4, -0.2) is 18.1 Å². The van der Waals surface area contributed by atoms with Crippen molar-refractivity contribution in [3.8, 4) is 5.75 Å².